The average molecular weight is 287 g/mol. The highest BCUT2D eigenvalue weighted by molar-refractivity contribution is 5.70. The summed E-state index contributed by atoms with van der Waals surface area (Å²) in [7, 11) is 0. The molecular weight excluding hydrogens is 274 g/mol. The van der Waals surface area contributed by atoms with E-state index in [2.05, 4.69) is 15.0 Å². The molecule has 2 aromatic heterocycles. The molecule has 0 aliphatic carbocycles. The molecular formula is C10H13N5O5. The third kappa shape index (κ3) is 1.78. The van der Waals surface area contributed by atoms with Crippen molar-refractivity contribution in [2.45, 2.75) is 24.5 Å². The molecule has 1 aliphatic heterocycles. The van der Waals surface area contributed by atoms with E-state index in [4.69, 9.17) is 15.6 Å². The van der Waals surface area contributed by atoms with Crippen LogP contribution in [0.1, 0.15) is 6.23 Å². The van der Waals surface area contributed by atoms with Crippen LogP contribution in [-0.4, -0.2) is 59.8 Å². The first-order valence-electron chi connectivity index (χ1n) is 5.87. The zero-order valence-electron chi connectivity index (χ0n) is 10.2. The quantitative estimate of drug-likeness (QED) is 0.373. The number of aliphatic hydroxyl groups is 3. The van der Waals surface area contributed by atoms with Crippen LogP contribution in [0, 0.1) is 0 Å². The molecule has 0 aromatic carbocycles. The number of nitrogens with two attached hydrogens (primary N) is 1. The van der Waals surface area contributed by atoms with Crippen molar-refractivity contribution < 1.29 is 20.1 Å². The summed E-state index contributed by atoms with van der Waals surface area (Å²) in [6.07, 6.45) is -3.21. The Kier molecular flexibility index (Phi) is 2.94. The molecule has 1 aliphatic rings. The van der Waals surface area contributed by atoms with E-state index in [1.807, 2.05) is 0 Å². The number of ether oxygens (including phenoxy) is 1. The zero-order chi connectivity index (χ0) is 14.4. The van der Waals surface area contributed by atoms with E-state index in [9.17, 15) is 15.0 Å². The van der Waals surface area contributed by atoms with Crippen molar-refractivity contribution in [1.29, 1.82) is 0 Å². The smallest absolute Gasteiger partial charge is 0.280 e. The Bertz CT molecular complexity index is 697. The van der Waals surface area contributed by atoms with Crippen molar-refractivity contribution in [3.63, 3.8) is 0 Å². The van der Waals surface area contributed by atoms with E-state index in [0.29, 0.717) is 0 Å². The summed E-state index contributed by atoms with van der Waals surface area (Å²) >= 11 is 0. The van der Waals surface area contributed by atoms with Gasteiger partial charge >= 0.3 is 0 Å². The normalized spacial score (nSPS) is 30.1. The molecule has 4 atom stereocenters. The van der Waals surface area contributed by atoms with Crippen LogP contribution in [0.25, 0.3) is 11.2 Å². The number of rotatable bonds is 2. The monoisotopic (exact) mass is 287 g/mol. The van der Waals surface area contributed by atoms with Gasteiger partial charge in [-0.2, -0.15) is 4.98 Å². The molecule has 0 radical (unpaired) electrons. The fourth-order valence-corrected chi connectivity index (χ4v) is 2.24. The Morgan fingerprint density at radius 1 is 1.45 bits per heavy atom. The Morgan fingerprint density at radius 3 is 2.85 bits per heavy atom. The highest BCUT2D eigenvalue weighted by atomic mass is 16.6. The summed E-state index contributed by atoms with van der Waals surface area (Å²) in [5, 5.41) is 28.7. The van der Waals surface area contributed by atoms with Gasteiger partial charge in [0.05, 0.1) is 12.9 Å². The van der Waals surface area contributed by atoms with Crippen molar-refractivity contribution in [2.24, 2.45) is 0 Å². The molecule has 108 valence electrons. The second-order valence-electron chi connectivity index (χ2n) is 4.50. The molecule has 0 amide bonds. The van der Waals surface area contributed by atoms with Crippen molar-refractivity contribution in [1.82, 2.24) is 19.5 Å². The molecule has 1 saturated heterocycles. The van der Waals surface area contributed by atoms with Gasteiger partial charge in [-0.3, -0.25) is 14.3 Å². The number of H-pyrrole nitrogens is 1. The number of nitrogens with one attached hydrogen (secondary N) is 1. The molecule has 2 aromatic rings. The number of fused-ring (bicyclic) bond motifs is 1. The number of nitrogen functional groups attached to an aromatic ring is 1. The number of anilines is 1. The molecule has 0 unspecified atom stereocenters. The van der Waals surface area contributed by atoms with Gasteiger partial charge in [0.15, 0.2) is 17.4 Å². The van der Waals surface area contributed by atoms with Crippen LogP contribution < -0.4 is 11.3 Å². The lowest BCUT2D eigenvalue weighted by molar-refractivity contribution is -0.0511. The lowest BCUT2D eigenvalue weighted by Crippen LogP contribution is -2.33. The summed E-state index contributed by atoms with van der Waals surface area (Å²) in [5.41, 5.74) is 5.12. The molecule has 10 nitrogen and oxygen atoms in total. The SMILES string of the molecule is [15NH2]c1nc2c([15n][13cH]n2[C@@H]2O[C@H](CO)[C@@H](O)[C@H]2O)c(=O)[15nH]1. The van der Waals surface area contributed by atoms with E-state index >= 15 is 0 Å². The van der Waals surface area contributed by atoms with Crippen molar-refractivity contribution >= 4 is 17.1 Å². The maximum Gasteiger partial charge on any atom is 0.280 e. The van der Waals surface area contributed by atoms with Gasteiger partial charge in [-0.25, -0.2) is 4.98 Å². The van der Waals surface area contributed by atoms with Gasteiger partial charge in [-0.1, -0.05) is 0 Å². The minimum atomic E-state index is -1.29. The third-order valence-electron chi connectivity index (χ3n) is 3.24. The van der Waals surface area contributed by atoms with E-state index in [1.54, 1.807) is 0 Å². The summed E-state index contributed by atoms with van der Waals surface area (Å²) < 4.78 is 6.64. The first-order valence-corrected chi connectivity index (χ1v) is 5.87. The van der Waals surface area contributed by atoms with Gasteiger partial charge < -0.3 is 25.8 Å². The van der Waals surface area contributed by atoms with E-state index in [1.165, 1.54) is 10.9 Å². The molecule has 3 heterocycles. The van der Waals surface area contributed by atoms with Gasteiger partial charge in [0.1, 0.15) is 18.3 Å². The zero-order valence-corrected chi connectivity index (χ0v) is 10.2. The highest BCUT2D eigenvalue weighted by Crippen LogP contribution is 2.30. The number of aromatic nitrogens is 4. The Morgan fingerprint density at radius 2 is 2.20 bits per heavy atom. The highest BCUT2D eigenvalue weighted by Gasteiger charge is 2.44. The minimum absolute atomic E-state index is 0.0388. The molecule has 20 heavy (non-hydrogen) atoms. The summed E-state index contributed by atoms with van der Waals surface area (Å²) in [6, 6.07) is 0. The molecule has 6 N–H and O–H groups in total. The second kappa shape index (κ2) is 4.52. The summed E-state index contributed by atoms with van der Waals surface area (Å²) in [5.74, 6) is -0.101. The molecule has 0 saturated carbocycles. The van der Waals surface area contributed by atoms with Crippen LogP contribution in [0.2, 0.25) is 0 Å². The van der Waals surface area contributed by atoms with E-state index in [-0.39, 0.29) is 17.1 Å². The van der Waals surface area contributed by atoms with Gasteiger partial charge in [-0.15, -0.1) is 0 Å². The first kappa shape index (κ1) is 13.0. The molecule has 3 rings (SSSR count). The minimum Gasteiger partial charge on any atom is -0.394 e. The van der Waals surface area contributed by atoms with Crippen LogP contribution in [0.4, 0.5) is 5.95 Å². The fraction of sp³-hybridized carbons (Fsp3) is 0.500. The Balaban J connectivity index is 2.09. The number of hydrogen-bond acceptors (Lipinski definition) is 8. The number of aromatic amines is 1. The standard InChI is InChI=1S/C10H13N5O5/c11-10-13-7-4(8(19)14-10)12-2-15(7)9-6(18)5(17)3(1-16)20-9/h2-3,5-6,9,16-18H,1H2,(H3,11,13,14,19)/t3-,5-,6-,9-/m1/s1/i2+1,11+1,12+1,14+1. The molecule has 10 heteroatoms. The average Bonchev–Trinajstić information content (AvgIpc) is 2.93. The number of nitrogens with zero attached hydrogens (tertiary/aromatic N) is 3. The van der Waals surface area contributed by atoms with Crippen LogP contribution in [0.5, 0.6) is 0 Å². The topological polar surface area (TPSA) is 160 Å². The van der Waals surface area contributed by atoms with Crippen molar-refractivity contribution in [3.8, 4) is 0 Å². The van der Waals surface area contributed by atoms with Crippen molar-refractivity contribution in [3.05, 3.63) is 16.7 Å². The maximum absolute atomic E-state index is 11.7. The van der Waals surface area contributed by atoms with Gasteiger partial charge in [0.2, 0.25) is 5.95 Å². The van der Waals surface area contributed by atoms with Crippen LogP contribution >= 0.6 is 0 Å². The lowest BCUT2D eigenvalue weighted by Gasteiger charge is -2.16. The van der Waals surface area contributed by atoms with Crippen LogP contribution in [-0.2, 0) is 4.74 Å². The largest absolute Gasteiger partial charge is 0.394 e. The third-order valence-corrected chi connectivity index (χ3v) is 3.24. The number of hydrogen-bond donors (Lipinski definition) is 5. The predicted octanol–water partition coefficient (Wildman–Crippen LogP) is -2.69. The maximum atomic E-state index is 11.7. The van der Waals surface area contributed by atoms with Gasteiger partial charge in [0.25, 0.3) is 5.56 Å². The van der Waals surface area contributed by atoms with Gasteiger partial charge in [0, 0.05) is 0 Å². The van der Waals surface area contributed by atoms with Crippen molar-refractivity contribution in [2.75, 3.05) is 12.3 Å². The molecule has 1 fully saturated rings. The van der Waals surface area contributed by atoms with Gasteiger partial charge in [-0.05, 0) is 0 Å². The summed E-state index contributed by atoms with van der Waals surface area (Å²) in [6.45, 7) is -0.447. The lowest BCUT2D eigenvalue weighted by atomic mass is 10.1. The predicted molar refractivity (Wildman–Crippen MR) is 65.6 cm³/mol. The Hall–Kier alpha value is -2.01. The van der Waals surface area contributed by atoms with E-state index in [0.717, 1.165) is 0 Å². The van der Waals surface area contributed by atoms with E-state index < -0.39 is 36.7 Å². The van der Waals surface area contributed by atoms with Crippen LogP contribution in [0.3, 0.4) is 0 Å². The summed E-state index contributed by atoms with van der Waals surface area (Å²) in [4.78, 5) is 21.8. The second-order valence-corrected chi connectivity index (χ2v) is 4.50. The number of imidazole rings is 1. The molecule has 0 spiro atoms. The fourth-order valence-electron chi connectivity index (χ4n) is 2.24. The van der Waals surface area contributed by atoms with Crippen LogP contribution in [0.15, 0.2) is 11.1 Å². The Labute approximate surface area is 111 Å². The number of aliphatic hydroxyl groups excluding tert-OH is 3. The first-order chi connectivity index (χ1) is 9.52. The molecule has 0 bridgehead atoms.